The maximum absolute atomic E-state index is 2.66. The summed E-state index contributed by atoms with van der Waals surface area (Å²) < 4.78 is 0. The van der Waals surface area contributed by atoms with Crippen LogP contribution < -0.4 is 20.7 Å². The van der Waals surface area contributed by atoms with Crippen molar-refractivity contribution >= 4 is 35.9 Å². The molecule has 0 bridgehead atoms. The van der Waals surface area contributed by atoms with Gasteiger partial charge in [0.25, 0.3) is 0 Å². The van der Waals surface area contributed by atoms with Gasteiger partial charge < -0.3 is 0 Å². The van der Waals surface area contributed by atoms with E-state index in [2.05, 4.69) is 138 Å². The van der Waals surface area contributed by atoms with E-state index in [1.54, 1.807) is 20.7 Å². The fourth-order valence-corrected chi connectivity index (χ4v) is 23.7. The molecule has 0 nitrogen and oxygen atoms in total. The van der Waals surface area contributed by atoms with E-state index < -0.39 is 15.2 Å². The molecule has 0 radical (unpaired) electrons. The molecule has 0 aliphatic rings. The van der Waals surface area contributed by atoms with Gasteiger partial charge in [-0.1, -0.05) is 153 Å². The molecule has 4 aromatic rings. The Bertz CT molecular complexity index is 1060. The largest absolute Gasteiger partial charge is 0.118 e. The van der Waals surface area contributed by atoms with Crippen molar-refractivity contribution in [3.8, 4) is 0 Å². The summed E-state index contributed by atoms with van der Waals surface area (Å²) in [5.74, 6) is 0. The van der Waals surface area contributed by atoms with Gasteiger partial charge in [-0.2, -0.15) is 0 Å². The zero-order chi connectivity index (χ0) is 22.9. The second kappa shape index (κ2) is 8.69. The zero-order valence-corrected chi connectivity index (χ0v) is 22.2. The predicted molar refractivity (Wildman–Crippen MR) is 146 cm³/mol. The summed E-state index contributed by atoms with van der Waals surface area (Å²) in [6, 6.07) is 36.7. The summed E-state index contributed by atoms with van der Waals surface area (Å²) in [6.07, 6.45) is 0. The van der Waals surface area contributed by atoms with Gasteiger partial charge in [-0.3, -0.25) is 0 Å². The molecule has 0 atom stereocenters. The molecule has 0 fully saturated rings. The van der Waals surface area contributed by atoms with Crippen LogP contribution in [-0.4, -0.2) is 15.2 Å². The van der Waals surface area contributed by atoms with E-state index in [-0.39, 0.29) is 0 Å². The van der Waals surface area contributed by atoms with Crippen LogP contribution >= 0.6 is 0 Å². The zero-order valence-electron chi connectivity index (χ0n) is 20.2. The molecule has 0 N–H and O–H groups in total. The van der Waals surface area contributed by atoms with Gasteiger partial charge in [0.05, 0.1) is 0 Å². The van der Waals surface area contributed by atoms with E-state index in [0.29, 0.717) is 0 Å². The second-order valence-corrected chi connectivity index (χ2v) is 22.2. The fraction of sp³-hybridized carbons (Fsp3) is 0.200. The third-order valence-corrected chi connectivity index (χ3v) is 25.5. The first-order chi connectivity index (χ1) is 15.3. The first-order valence-electron chi connectivity index (χ1n) is 11.6. The lowest BCUT2D eigenvalue weighted by Crippen LogP contribution is -2.84. The van der Waals surface area contributed by atoms with Crippen molar-refractivity contribution in [2.24, 2.45) is 0 Å². The van der Waals surface area contributed by atoms with E-state index in [1.807, 2.05) is 0 Å². The van der Waals surface area contributed by atoms with Crippen LogP contribution in [0.3, 0.4) is 0 Å². The van der Waals surface area contributed by atoms with Crippen LogP contribution in [0.2, 0.25) is 13.1 Å². The summed E-state index contributed by atoms with van der Waals surface area (Å²) in [6.45, 7) is 14.5. The smallest absolute Gasteiger partial charge is 0.0628 e. The Labute approximate surface area is 195 Å². The van der Waals surface area contributed by atoms with E-state index in [4.69, 9.17) is 0 Å². The lowest BCUT2D eigenvalue weighted by Gasteiger charge is -2.47. The van der Waals surface area contributed by atoms with E-state index in [0.717, 1.165) is 0 Å². The minimum Gasteiger partial charge on any atom is -0.0628 e. The second-order valence-electron chi connectivity index (χ2n) is 9.51. The highest BCUT2D eigenvalue weighted by Crippen LogP contribution is 2.25. The SMILES string of the molecule is Cc1ccccc1[Si](C)(c1ccccc1C)[Si](C)(c1ccccc1C)c1ccccc1C. The fourth-order valence-electron chi connectivity index (χ4n) is 5.90. The Kier molecular flexibility index (Phi) is 6.11. The molecular formula is C30H34Si2. The Hall–Kier alpha value is -2.69. The first kappa shape index (κ1) is 22.5. The van der Waals surface area contributed by atoms with Crippen LogP contribution in [0.4, 0.5) is 0 Å². The van der Waals surface area contributed by atoms with Crippen molar-refractivity contribution in [3.63, 3.8) is 0 Å². The van der Waals surface area contributed by atoms with Gasteiger partial charge in [-0.15, -0.1) is 0 Å². The maximum Gasteiger partial charge on any atom is 0.118 e. The van der Waals surface area contributed by atoms with Gasteiger partial charge in [-0.05, 0) is 27.7 Å². The molecule has 32 heavy (non-hydrogen) atoms. The van der Waals surface area contributed by atoms with E-state index >= 15 is 0 Å². The van der Waals surface area contributed by atoms with Gasteiger partial charge in [0, 0.05) is 0 Å². The third-order valence-electron chi connectivity index (χ3n) is 7.73. The minimum atomic E-state index is -2.25. The average molecular weight is 451 g/mol. The van der Waals surface area contributed by atoms with Gasteiger partial charge >= 0.3 is 0 Å². The van der Waals surface area contributed by atoms with Gasteiger partial charge in [0.1, 0.15) is 15.2 Å². The molecule has 162 valence electrons. The first-order valence-corrected chi connectivity index (χ1v) is 17.6. The quantitative estimate of drug-likeness (QED) is 0.372. The monoisotopic (exact) mass is 450 g/mol. The van der Waals surface area contributed by atoms with Crippen molar-refractivity contribution in [2.75, 3.05) is 0 Å². The van der Waals surface area contributed by atoms with Crippen molar-refractivity contribution in [1.82, 2.24) is 0 Å². The normalized spacial score (nSPS) is 12.1. The Balaban J connectivity index is 2.22. The molecule has 0 amide bonds. The van der Waals surface area contributed by atoms with Gasteiger partial charge in [0.15, 0.2) is 0 Å². The minimum absolute atomic E-state index is 1.42. The molecule has 4 aromatic carbocycles. The van der Waals surface area contributed by atoms with Crippen LogP contribution in [0.25, 0.3) is 0 Å². The van der Waals surface area contributed by atoms with Crippen molar-refractivity contribution in [3.05, 3.63) is 119 Å². The third kappa shape index (κ3) is 3.42. The average Bonchev–Trinajstić information content (AvgIpc) is 2.79. The lowest BCUT2D eigenvalue weighted by molar-refractivity contribution is 1.46. The number of aryl methyl sites for hydroxylation is 4. The van der Waals surface area contributed by atoms with Crippen LogP contribution in [-0.2, 0) is 0 Å². The summed E-state index contributed by atoms with van der Waals surface area (Å²) in [4.78, 5) is 0. The highest BCUT2D eigenvalue weighted by molar-refractivity contribution is 7.59. The molecule has 0 aliphatic carbocycles. The van der Waals surface area contributed by atoms with Crippen molar-refractivity contribution in [1.29, 1.82) is 0 Å². The molecule has 0 saturated carbocycles. The molecule has 2 heteroatoms. The highest BCUT2D eigenvalue weighted by Gasteiger charge is 2.55. The van der Waals surface area contributed by atoms with Gasteiger partial charge in [-0.25, -0.2) is 0 Å². The van der Waals surface area contributed by atoms with Crippen molar-refractivity contribution in [2.45, 2.75) is 40.8 Å². The number of hydrogen-bond donors (Lipinski definition) is 0. The lowest BCUT2D eigenvalue weighted by atomic mass is 10.2. The number of benzene rings is 4. The van der Waals surface area contributed by atoms with Crippen LogP contribution in [0.15, 0.2) is 97.1 Å². The van der Waals surface area contributed by atoms with E-state index in [9.17, 15) is 0 Å². The van der Waals surface area contributed by atoms with E-state index in [1.165, 1.54) is 22.3 Å². The molecule has 0 saturated heterocycles. The van der Waals surface area contributed by atoms with Crippen LogP contribution in [0, 0.1) is 27.7 Å². The number of hydrogen-bond acceptors (Lipinski definition) is 0. The summed E-state index contributed by atoms with van der Waals surface area (Å²) in [5.41, 5.74) is 5.69. The van der Waals surface area contributed by atoms with Crippen LogP contribution in [0.1, 0.15) is 22.3 Å². The molecule has 0 aromatic heterocycles. The standard InChI is InChI=1S/C30H34Si2/c1-23-15-7-11-19-27(23)31(5,28-20-12-8-16-24(28)2)32(6,29-21-13-9-17-25(29)3)30-22-14-10-18-26(30)4/h7-22H,1-6H3. The Morgan fingerprint density at radius 3 is 0.719 bits per heavy atom. The molecule has 0 spiro atoms. The Morgan fingerprint density at radius 2 is 0.531 bits per heavy atom. The highest BCUT2D eigenvalue weighted by atomic mass is 29.3. The number of rotatable bonds is 5. The van der Waals surface area contributed by atoms with Gasteiger partial charge in [0.2, 0.25) is 0 Å². The maximum atomic E-state index is 2.66. The molecule has 4 rings (SSSR count). The summed E-state index contributed by atoms with van der Waals surface area (Å²) in [7, 11) is -4.50. The molecular weight excluding hydrogens is 417 g/mol. The summed E-state index contributed by atoms with van der Waals surface area (Å²) in [5, 5.41) is 6.31. The Morgan fingerprint density at radius 1 is 0.344 bits per heavy atom. The molecule has 0 aliphatic heterocycles. The van der Waals surface area contributed by atoms with Crippen LogP contribution in [0.5, 0.6) is 0 Å². The topological polar surface area (TPSA) is 0 Å². The molecule has 0 heterocycles. The predicted octanol–water partition coefficient (Wildman–Crippen LogP) is 5.08. The van der Waals surface area contributed by atoms with Crippen molar-refractivity contribution < 1.29 is 0 Å². The summed E-state index contributed by atoms with van der Waals surface area (Å²) >= 11 is 0. The molecule has 0 unspecified atom stereocenters.